The number of rotatable bonds is 5. The number of aliphatic hydroxyl groups is 1. The number of hydrogen-bond donors (Lipinski definition) is 2. The lowest BCUT2D eigenvalue weighted by atomic mass is 10.0. The molecule has 2 heterocycles. The minimum absolute atomic E-state index is 0.0889. The third-order valence-corrected chi connectivity index (χ3v) is 5.53. The van der Waals surface area contributed by atoms with E-state index in [1.165, 1.54) is 12.0 Å². The number of amides is 1. The second-order valence-electron chi connectivity index (χ2n) is 8.00. The molecule has 174 valence electrons. The molecule has 1 saturated heterocycles. The standard InChI is InChI=1S/C23H23F3N4O3/c1-13-9-30(12-27-13)20-4-3-14(5-21(20)33-2)23(32)28-15-6-17(31)11-29(10-15)16-7-18(24)22(26)19(25)8-16/h3-5,7-9,12,15,17,31H,6,10-11H2,1-2H3,(H,28,32). The number of halogens is 3. The van der Waals surface area contributed by atoms with Crippen LogP contribution >= 0.6 is 0 Å². The molecule has 3 aromatic rings. The molecule has 2 atom stereocenters. The Kier molecular flexibility index (Phi) is 6.28. The number of nitrogens with zero attached hydrogens (tertiary/aromatic N) is 3. The van der Waals surface area contributed by atoms with Crippen molar-refractivity contribution in [1.29, 1.82) is 0 Å². The molecule has 2 unspecified atom stereocenters. The Morgan fingerprint density at radius 3 is 2.55 bits per heavy atom. The third kappa shape index (κ3) is 4.80. The van der Waals surface area contributed by atoms with Gasteiger partial charge in [0.05, 0.1) is 30.9 Å². The van der Waals surface area contributed by atoms with Crippen LogP contribution in [0.15, 0.2) is 42.9 Å². The summed E-state index contributed by atoms with van der Waals surface area (Å²) in [7, 11) is 1.50. The minimum Gasteiger partial charge on any atom is -0.495 e. The molecule has 1 aliphatic rings. The predicted octanol–water partition coefficient (Wildman–Crippen LogP) is 2.98. The van der Waals surface area contributed by atoms with Gasteiger partial charge in [-0.3, -0.25) is 4.79 Å². The SMILES string of the molecule is COc1cc(C(=O)NC2CC(O)CN(c3cc(F)c(F)c(F)c3)C2)ccc1-n1cnc(C)c1. The molecular weight excluding hydrogens is 437 g/mol. The highest BCUT2D eigenvalue weighted by atomic mass is 19.2. The van der Waals surface area contributed by atoms with Crippen LogP contribution in [0.1, 0.15) is 22.5 Å². The summed E-state index contributed by atoms with van der Waals surface area (Å²) >= 11 is 0. The fourth-order valence-corrected chi connectivity index (χ4v) is 3.97. The van der Waals surface area contributed by atoms with E-state index in [2.05, 4.69) is 10.3 Å². The van der Waals surface area contributed by atoms with E-state index in [1.54, 1.807) is 29.1 Å². The molecule has 0 spiro atoms. The van der Waals surface area contributed by atoms with Gasteiger partial charge in [-0.25, -0.2) is 18.2 Å². The predicted molar refractivity (Wildman–Crippen MR) is 115 cm³/mol. The molecule has 1 amide bonds. The van der Waals surface area contributed by atoms with Gasteiger partial charge < -0.3 is 24.6 Å². The maximum Gasteiger partial charge on any atom is 0.251 e. The number of piperidine rings is 1. The van der Waals surface area contributed by atoms with Crippen LogP contribution in [-0.4, -0.2) is 52.9 Å². The van der Waals surface area contributed by atoms with E-state index in [0.29, 0.717) is 17.0 Å². The Hall–Kier alpha value is -3.53. The summed E-state index contributed by atoms with van der Waals surface area (Å²) in [6.07, 6.45) is 2.89. The topological polar surface area (TPSA) is 79.6 Å². The number of hydrogen-bond acceptors (Lipinski definition) is 5. The van der Waals surface area contributed by atoms with Crippen molar-refractivity contribution < 1.29 is 27.8 Å². The zero-order chi connectivity index (χ0) is 23.7. The van der Waals surface area contributed by atoms with E-state index in [4.69, 9.17) is 4.74 Å². The smallest absolute Gasteiger partial charge is 0.251 e. The van der Waals surface area contributed by atoms with Gasteiger partial charge in [-0.05, 0) is 31.5 Å². The van der Waals surface area contributed by atoms with Crippen molar-refractivity contribution in [3.63, 3.8) is 0 Å². The van der Waals surface area contributed by atoms with Crippen LogP contribution in [0, 0.1) is 24.4 Å². The number of carbonyl (C=O) groups excluding carboxylic acids is 1. The number of aliphatic hydroxyl groups excluding tert-OH is 1. The van der Waals surface area contributed by atoms with Crippen molar-refractivity contribution in [2.75, 3.05) is 25.1 Å². The highest BCUT2D eigenvalue weighted by Gasteiger charge is 2.29. The monoisotopic (exact) mass is 460 g/mol. The van der Waals surface area contributed by atoms with Crippen molar-refractivity contribution in [1.82, 2.24) is 14.9 Å². The molecule has 33 heavy (non-hydrogen) atoms. The number of anilines is 1. The van der Waals surface area contributed by atoms with Crippen LogP contribution in [0.25, 0.3) is 5.69 Å². The van der Waals surface area contributed by atoms with Crippen LogP contribution < -0.4 is 15.0 Å². The second kappa shape index (κ2) is 9.14. The van der Waals surface area contributed by atoms with E-state index in [-0.39, 0.29) is 25.2 Å². The van der Waals surface area contributed by atoms with E-state index in [9.17, 15) is 23.1 Å². The summed E-state index contributed by atoms with van der Waals surface area (Å²) in [5.41, 5.74) is 1.98. The normalized spacial score (nSPS) is 18.3. The quantitative estimate of drug-likeness (QED) is 0.573. The molecule has 4 rings (SSSR count). The van der Waals surface area contributed by atoms with Gasteiger partial charge in [0, 0.05) is 48.7 Å². The molecule has 0 radical (unpaired) electrons. The Balaban J connectivity index is 1.50. The molecule has 2 N–H and O–H groups in total. The number of methoxy groups -OCH3 is 1. The second-order valence-corrected chi connectivity index (χ2v) is 8.00. The Morgan fingerprint density at radius 1 is 1.18 bits per heavy atom. The number of imidazole rings is 1. The van der Waals surface area contributed by atoms with Crippen molar-refractivity contribution in [3.05, 3.63) is 71.6 Å². The maximum atomic E-state index is 13.7. The van der Waals surface area contributed by atoms with Gasteiger partial charge in [0.1, 0.15) is 5.75 Å². The molecule has 0 saturated carbocycles. The highest BCUT2D eigenvalue weighted by molar-refractivity contribution is 5.95. The number of β-amino-alcohol motifs (C(OH)–C–C–N with tert-alkyl or cyclic N) is 1. The average Bonchev–Trinajstić information content (AvgIpc) is 3.22. The first-order valence-corrected chi connectivity index (χ1v) is 10.3. The first-order chi connectivity index (χ1) is 15.7. The average molecular weight is 460 g/mol. The Labute approximate surface area is 188 Å². The lowest BCUT2D eigenvalue weighted by molar-refractivity contribution is 0.0894. The zero-order valence-corrected chi connectivity index (χ0v) is 18.1. The molecule has 1 fully saturated rings. The van der Waals surface area contributed by atoms with Crippen molar-refractivity contribution >= 4 is 11.6 Å². The third-order valence-electron chi connectivity index (χ3n) is 5.53. The molecular formula is C23H23F3N4O3. The van der Waals surface area contributed by atoms with Gasteiger partial charge in [-0.1, -0.05) is 0 Å². The number of ether oxygens (including phenoxy) is 1. The van der Waals surface area contributed by atoms with Gasteiger partial charge in [-0.2, -0.15) is 0 Å². The van der Waals surface area contributed by atoms with E-state index < -0.39 is 35.5 Å². The lowest BCUT2D eigenvalue weighted by Crippen LogP contribution is -2.52. The van der Waals surface area contributed by atoms with Crippen molar-refractivity contribution in [3.8, 4) is 11.4 Å². The molecule has 1 aliphatic heterocycles. The lowest BCUT2D eigenvalue weighted by Gasteiger charge is -2.37. The van der Waals surface area contributed by atoms with E-state index in [1.807, 2.05) is 13.1 Å². The summed E-state index contributed by atoms with van der Waals surface area (Å²) in [5, 5.41) is 13.1. The fraction of sp³-hybridized carbons (Fsp3) is 0.304. The van der Waals surface area contributed by atoms with Crippen LogP contribution in [0.3, 0.4) is 0 Å². The largest absolute Gasteiger partial charge is 0.495 e. The summed E-state index contributed by atoms with van der Waals surface area (Å²) in [4.78, 5) is 18.6. The van der Waals surface area contributed by atoms with Gasteiger partial charge in [0.15, 0.2) is 17.5 Å². The zero-order valence-electron chi connectivity index (χ0n) is 18.1. The van der Waals surface area contributed by atoms with Gasteiger partial charge in [0.25, 0.3) is 5.91 Å². The van der Waals surface area contributed by atoms with Crippen LogP contribution in [0.2, 0.25) is 0 Å². The molecule has 2 aromatic carbocycles. The fourth-order valence-electron chi connectivity index (χ4n) is 3.97. The number of benzene rings is 2. The minimum atomic E-state index is -1.55. The molecule has 0 aliphatic carbocycles. The first-order valence-electron chi connectivity index (χ1n) is 10.3. The highest BCUT2D eigenvalue weighted by Crippen LogP contribution is 2.26. The van der Waals surface area contributed by atoms with Crippen molar-refractivity contribution in [2.24, 2.45) is 0 Å². The summed E-state index contributed by atoms with van der Waals surface area (Å²) in [6, 6.07) is 6.22. The summed E-state index contributed by atoms with van der Waals surface area (Å²) in [5.74, 6) is -4.10. The molecule has 10 heteroatoms. The van der Waals surface area contributed by atoms with Crippen molar-refractivity contribution in [2.45, 2.75) is 25.5 Å². The maximum absolute atomic E-state index is 13.7. The summed E-state index contributed by atoms with van der Waals surface area (Å²) in [6.45, 7) is 2.15. The molecule has 0 bridgehead atoms. The van der Waals surface area contributed by atoms with Crippen LogP contribution in [-0.2, 0) is 0 Å². The number of nitrogens with one attached hydrogen (secondary N) is 1. The van der Waals surface area contributed by atoms with Gasteiger partial charge >= 0.3 is 0 Å². The number of carbonyl (C=O) groups is 1. The molecule has 1 aromatic heterocycles. The van der Waals surface area contributed by atoms with Crippen LogP contribution in [0.5, 0.6) is 5.75 Å². The summed E-state index contributed by atoms with van der Waals surface area (Å²) < 4.78 is 47.8. The number of aryl methyl sites for hydroxylation is 1. The van der Waals surface area contributed by atoms with E-state index in [0.717, 1.165) is 17.8 Å². The number of aromatic nitrogens is 2. The van der Waals surface area contributed by atoms with E-state index >= 15 is 0 Å². The van der Waals surface area contributed by atoms with Crippen LogP contribution in [0.4, 0.5) is 18.9 Å². The van der Waals surface area contributed by atoms with Gasteiger partial charge in [-0.15, -0.1) is 0 Å². The molecule has 7 nitrogen and oxygen atoms in total. The Bertz CT molecular complexity index is 1160. The van der Waals surface area contributed by atoms with Gasteiger partial charge in [0.2, 0.25) is 0 Å². The first kappa shape index (κ1) is 22.7. The Morgan fingerprint density at radius 2 is 1.91 bits per heavy atom.